The first-order valence-electron chi connectivity index (χ1n) is 32.8. The van der Waals surface area contributed by atoms with E-state index in [0.29, 0.717) is 44.4 Å². The molecule has 1 fully saturated rings. The molecule has 0 atom stereocenters. The van der Waals surface area contributed by atoms with Crippen LogP contribution in [-0.2, 0) is 29.2 Å². The molecule has 0 bridgehead atoms. The highest BCUT2D eigenvalue weighted by atomic mass is 32.2. The Morgan fingerprint density at radius 1 is 0.547 bits per heavy atom. The molecule has 6 aromatic heterocycles. The molecule has 1 saturated heterocycles. The van der Waals surface area contributed by atoms with Crippen LogP contribution in [0.15, 0.2) is 152 Å². The highest BCUT2D eigenvalue weighted by Gasteiger charge is 2.28. The van der Waals surface area contributed by atoms with Gasteiger partial charge in [0.05, 0.1) is 17.5 Å². The van der Waals surface area contributed by atoms with E-state index >= 15 is 0 Å². The standard InChI is InChI=1S/C17H22N2O.C16H18N2O.C14H15FN2O2S.2C14H15N3O/c1-12(2)17(20)19-9-7-13(8-10-19)15-11-18-16-6-4-3-5-14(15)16;1-11-16(14-5-3-4-6-15(14)17-11)13-7-9-18(10-8-13)12(2)19;1-20(18,19)17-6-4-10(5-7-17)13-9-16-14-8-11(15)2-3-12(13)14;1-10(18)17-7-4-11(5-8-17)13-9-16-14-12(13)3-2-6-15-14;1-10(18)17-8-6-11(7-9-17)14-12-4-2-3-5-13(12)15-16-14/h3-6,11-13,18H,7-10H2,1-2H3;3-7,17H,8-10H2,1-2H3;2-4,8-9,16H,5-7H2,1H3;2-4,6,9H,5,7-8H2,1H3,(H,15,16);2-6H,7-9H2,1H3,(H,15,16). The van der Waals surface area contributed by atoms with Crippen LogP contribution in [0.2, 0.25) is 0 Å². The second-order valence-corrected chi connectivity index (χ2v) is 27.2. The largest absolute Gasteiger partial charge is 0.361 e. The average molecular weight is 1300 g/mol. The Labute approximate surface area is 554 Å². The molecular formula is C75H85FN12O6S. The fourth-order valence-corrected chi connectivity index (χ4v) is 14.2. The number of carbonyl (C=O) groups is 4. The number of aryl methyl sites for hydroxylation is 1. The number of rotatable bonds is 7. The van der Waals surface area contributed by atoms with Gasteiger partial charge in [-0.2, -0.15) is 9.40 Å². The molecule has 15 rings (SSSR count). The van der Waals surface area contributed by atoms with Crippen LogP contribution in [0.5, 0.6) is 0 Å². The summed E-state index contributed by atoms with van der Waals surface area (Å²) in [6.45, 7) is 18.1. The summed E-state index contributed by atoms with van der Waals surface area (Å²) in [6.07, 6.45) is 22.9. The summed E-state index contributed by atoms with van der Waals surface area (Å²) >= 11 is 0. The van der Waals surface area contributed by atoms with Crippen molar-refractivity contribution in [3.63, 3.8) is 0 Å². The number of halogens is 1. The van der Waals surface area contributed by atoms with Crippen molar-refractivity contribution in [3.8, 4) is 0 Å². The molecule has 11 heterocycles. The number of hydrogen-bond donors (Lipinski definition) is 5. The lowest BCUT2D eigenvalue weighted by Gasteiger charge is -2.33. The third-order valence-electron chi connectivity index (χ3n) is 18.7. The van der Waals surface area contributed by atoms with Crippen LogP contribution in [0.4, 0.5) is 4.39 Å². The SMILES string of the molecule is CC(=O)N1CC=C(c2c(C)[nH]c3ccccc23)CC1.CC(=O)N1CC=C(c2c[nH]c3ncccc23)CC1.CC(=O)N1CC=C(c2n[nH]c3ccccc23)CC1.CC(C)C(=O)N1CCC(c2c[nH]c3ccccc23)CC1.CS(=O)(=O)N1CC=C(c2c[nH]c3cc(F)ccc23)CC1. The maximum atomic E-state index is 13.2. The molecule has 20 heteroatoms. The lowest BCUT2D eigenvalue weighted by Crippen LogP contribution is -2.40. The molecule has 0 radical (unpaired) electrons. The predicted molar refractivity (Wildman–Crippen MR) is 379 cm³/mol. The van der Waals surface area contributed by atoms with Gasteiger partial charge in [-0.1, -0.05) is 92.7 Å². The van der Waals surface area contributed by atoms with Crippen molar-refractivity contribution < 1.29 is 32.0 Å². The summed E-state index contributed by atoms with van der Waals surface area (Å²) in [6, 6.07) is 33.6. The maximum Gasteiger partial charge on any atom is 0.225 e. The molecule has 0 aliphatic carbocycles. The molecule has 10 aromatic rings. The van der Waals surface area contributed by atoms with Gasteiger partial charge in [0.15, 0.2) is 0 Å². The fraction of sp³-hybridized carbons (Fsp3) is 0.333. The number of amides is 4. The van der Waals surface area contributed by atoms with E-state index in [2.05, 4.69) is 127 Å². The Morgan fingerprint density at radius 2 is 1.08 bits per heavy atom. The zero-order chi connectivity index (χ0) is 66.9. The molecule has 4 amide bonds. The monoisotopic (exact) mass is 1300 g/mol. The zero-order valence-electron chi connectivity index (χ0n) is 55.3. The van der Waals surface area contributed by atoms with E-state index in [1.165, 1.54) is 83.6 Å². The highest BCUT2D eigenvalue weighted by molar-refractivity contribution is 7.88. The van der Waals surface area contributed by atoms with E-state index in [4.69, 9.17) is 0 Å². The number of likely N-dealkylation sites (tertiary alicyclic amines) is 1. The Balaban J connectivity index is 0.000000121. The van der Waals surface area contributed by atoms with Gasteiger partial charge in [0.25, 0.3) is 0 Å². The number of nitrogens with zero attached hydrogens (tertiary/aromatic N) is 7. The molecule has 5 aliphatic rings. The average Bonchev–Trinajstić information content (AvgIpc) is 1.71. The van der Waals surface area contributed by atoms with Crippen molar-refractivity contribution in [1.29, 1.82) is 0 Å². The molecule has 5 N–H and O–H groups in total. The van der Waals surface area contributed by atoms with Crippen molar-refractivity contribution >= 4 is 111 Å². The summed E-state index contributed by atoms with van der Waals surface area (Å²) in [7, 11) is -3.13. The number of benzene rings is 4. The van der Waals surface area contributed by atoms with E-state index < -0.39 is 10.0 Å². The molecule has 95 heavy (non-hydrogen) atoms. The molecule has 4 aromatic carbocycles. The molecule has 18 nitrogen and oxygen atoms in total. The summed E-state index contributed by atoms with van der Waals surface area (Å²) in [4.78, 5) is 70.9. The third kappa shape index (κ3) is 15.6. The normalized spacial score (nSPS) is 16.4. The van der Waals surface area contributed by atoms with E-state index in [-0.39, 0.29) is 29.5 Å². The number of carbonyl (C=O) groups excluding carboxylic acids is 4. The van der Waals surface area contributed by atoms with Crippen molar-refractivity contribution in [2.75, 3.05) is 71.7 Å². The topological polar surface area (TPSA) is 223 Å². The number of aromatic nitrogens is 7. The molecule has 0 saturated carbocycles. The van der Waals surface area contributed by atoms with Gasteiger partial charge in [-0.05, 0) is 128 Å². The van der Waals surface area contributed by atoms with E-state index in [1.54, 1.807) is 33.0 Å². The first kappa shape index (κ1) is 66.8. The number of sulfonamides is 1. The van der Waals surface area contributed by atoms with E-state index in [9.17, 15) is 32.0 Å². The number of H-pyrrole nitrogens is 5. The first-order chi connectivity index (χ1) is 45.8. The Bertz CT molecular complexity index is 4570. The van der Waals surface area contributed by atoms with Crippen LogP contribution in [-0.4, -0.2) is 163 Å². The Kier molecular flexibility index (Phi) is 20.9. The van der Waals surface area contributed by atoms with Crippen molar-refractivity contribution in [2.24, 2.45) is 5.92 Å². The minimum atomic E-state index is -3.13. The Hall–Kier alpha value is -9.66. The number of pyridine rings is 1. The summed E-state index contributed by atoms with van der Waals surface area (Å²) in [5, 5.41) is 13.3. The third-order valence-corrected chi connectivity index (χ3v) is 20.0. The quantitative estimate of drug-likeness (QED) is 0.103. The molecule has 0 unspecified atom stereocenters. The first-order valence-corrected chi connectivity index (χ1v) is 34.7. The van der Waals surface area contributed by atoms with Crippen LogP contribution >= 0.6 is 0 Å². The van der Waals surface area contributed by atoms with Gasteiger partial charge in [-0.3, -0.25) is 24.3 Å². The number of aromatic amines is 5. The smallest absolute Gasteiger partial charge is 0.225 e. The summed E-state index contributed by atoms with van der Waals surface area (Å²) in [5.41, 5.74) is 17.3. The maximum absolute atomic E-state index is 13.2. The summed E-state index contributed by atoms with van der Waals surface area (Å²) < 4.78 is 37.6. The van der Waals surface area contributed by atoms with E-state index in [1.807, 2.05) is 76.2 Å². The number of fused-ring (bicyclic) bond motifs is 5. The van der Waals surface area contributed by atoms with E-state index in [0.717, 1.165) is 121 Å². The van der Waals surface area contributed by atoms with Crippen LogP contribution in [0, 0.1) is 18.7 Å². The van der Waals surface area contributed by atoms with Crippen molar-refractivity contribution in [2.45, 2.75) is 86.0 Å². The fourth-order valence-electron chi connectivity index (χ4n) is 13.4. The van der Waals surface area contributed by atoms with Crippen molar-refractivity contribution in [1.82, 2.24) is 59.0 Å². The van der Waals surface area contributed by atoms with Crippen LogP contribution in [0.1, 0.15) is 113 Å². The highest BCUT2D eigenvalue weighted by Crippen LogP contribution is 2.36. The zero-order valence-corrected chi connectivity index (χ0v) is 56.1. The molecular weight excluding hydrogens is 1220 g/mol. The van der Waals surface area contributed by atoms with Crippen LogP contribution in [0.25, 0.3) is 76.9 Å². The van der Waals surface area contributed by atoms with Gasteiger partial charge < -0.3 is 39.5 Å². The van der Waals surface area contributed by atoms with Crippen LogP contribution in [0.3, 0.4) is 0 Å². The van der Waals surface area contributed by atoms with Gasteiger partial charge in [0.2, 0.25) is 33.7 Å². The lowest BCUT2D eigenvalue weighted by atomic mass is 9.89. The minimum Gasteiger partial charge on any atom is -0.361 e. The number of hydrogen-bond acceptors (Lipinski definition) is 8. The minimum absolute atomic E-state index is 0.111. The number of para-hydroxylation sites is 3. The molecule has 5 aliphatic heterocycles. The molecule has 494 valence electrons. The van der Waals surface area contributed by atoms with Crippen molar-refractivity contribution in [3.05, 3.63) is 192 Å². The van der Waals surface area contributed by atoms with Gasteiger partial charge in [0.1, 0.15) is 11.5 Å². The van der Waals surface area contributed by atoms with Gasteiger partial charge in [-0.15, -0.1) is 0 Å². The van der Waals surface area contributed by atoms with Gasteiger partial charge >= 0.3 is 0 Å². The summed E-state index contributed by atoms with van der Waals surface area (Å²) in [5.74, 6) is 1.14. The molecule has 0 spiro atoms. The number of nitrogens with one attached hydrogen (secondary N) is 5. The van der Waals surface area contributed by atoms with Crippen LogP contribution < -0.4 is 0 Å². The predicted octanol–water partition coefficient (Wildman–Crippen LogP) is 13.4. The van der Waals surface area contributed by atoms with Gasteiger partial charge in [0, 0.05) is 183 Å². The second kappa shape index (κ2) is 29.7. The second-order valence-electron chi connectivity index (χ2n) is 25.3. The van der Waals surface area contributed by atoms with Gasteiger partial charge in [-0.25, -0.2) is 17.8 Å². The number of piperidine rings is 1. The lowest BCUT2D eigenvalue weighted by molar-refractivity contribution is -0.135. The Morgan fingerprint density at radius 3 is 1.68 bits per heavy atom.